The molecule has 0 saturated carbocycles. The summed E-state index contributed by atoms with van der Waals surface area (Å²) in [5.74, 6) is -0.0298. The van der Waals surface area contributed by atoms with Crippen molar-refractivity contribution in [3.63, 3.8) is 0 Å². The van der Waals surface area contributed by atoms with E-state index in [-0.39, 0.29) is 18.4 Å². The molecule has 1 fully saturated rings. The molecule has 0 bridgehead atoms. The van der Waals surface area contributed by atoms with E-state index in [2.05, 4.69) is 0 Å². The Balaban J connectivity index is 2.24. The standard InChI is InChI=1S/C17H23NO5/c1-22-14-8-5-7-13(16(14)23-2)17(21)18-11-4-3-6-12(18)9-10-15(19)20/h5,7-8,12H,3-4,6,9-11H2,1-2H3,(H,19,20). The molecule has 0 spiro atoms. The zero-order valence-electron chi connectivity index (χ0n) is 13.6. The van der Waals surface area contributed by atoms with Gasteiger partial charge < -0.3 is 19.5 Å². The van der Waals surface area contributed by atoms with Crippen LogP contribution in [0.15, 0.2) is 18.2 Å². The summed E-state index contributed by atoms with van der Waals surface area (Å²) in [6.45, 7) is 0.642. The van der Waals surface area contributed by atoms with Crippen molar-refractivity contribution in [2.24, 2.45) is 0 Å². The molecule has 0 aromatic heterocycles. The van der Waals surface area contributed by atoms with Gasteiger partial charge in [-0.15, -0.1) is 0 Å². The van der Waals surface area contributed by atoms with Crippen LogP contribution >= 0.6 is 0 Å². The first-order valence-corrected chi connectivity index (χ1v) is 7.82. The van der Waals surface area contributed by atoms with Gasteiger partial charge in [0.05, 0.1) is 19.8 Å². The first-order chi connectivity index (χ1) is 11.1. The van der Waals surface area contributed by atoms with E-state index in [1.54, 1.807) is 23.1 Å². The number of carboxylic acids is 1. The van der Waals surface area contributed by atoms with Gasteiger partial charge >= 0.3 is 5.97 Å². The number of carbonyl (C=O) groups excluding carboxylic acids is 1. The minimum Gasteiger partial charge on any atom is -0.493 e. The van der Waals surface area contributed by atoms with Crippen LogP contribution in [0.1, 0.15) is 42.5 Å². The van der Waals surface area contributed by atoms with Crippen molar-refractivity contribution in [2.45, 2.75) is 38.1 Å². The lowest BCUT2D eigenvalue weighted by atomic mass is 9.96. The molecule has 0 aliphatic carbocycles. The van der Waals surface area contributed by atoms with Gasteiger partial charge in [0.1, 0.15) is 0 Å². The summed E-state index contributed by atoms with van der Waals surface area (Å²) in [6.07, 6.45) is 3.34. The van der Waals surface area contributed by atoms with E-state index in [0.29, 0.717) is 30.0 Å². The molecule has 1 aliphatic rings. The number of rotatable bonds is 6. The summed E-state index contributed by atoms with van der Waals surface area (Å²) >= 11 is 0. The van der Waals surface area contributed by atoms with Gasteiger partial charge in [0.2, 0.25) is 0 Å². The van der Waals surface area contributed by atoms with Crippen LogP contribution in [-0.2, 0) is 4.79 Å². The number of hydrogen-bond donors (Lipinski definition) is 1. The van der Waals surface area contributed by atoms with E-state index in [1.165, 1.54) is 14.2 Å². The van der Waals surface area contributed by atoms with Gasteiger partial charge in [-0.3, -0.25) is 9.59 Å². The lowest BCUT2D eigenvalue weighted by Gasteiger charge is -2.36. The summed E-state index contributed by atoms with van der Waals surface area (Å²) in [7, 11) is 3.04. The number of para-hydroxylation sites is 1. The maximum Gasteiger partial charge on any atom is 0.303 e. The lowest BCUT2D eigenvalue weighted by Crippen LogP contribution is -2.44. The van der Waals surface area contributed by atoms with Crippen LogP contribution in [0, 0.1) is 0 Å². The highest BCUT2D eigenvalue weighted by atomic mass is 16.5. The number of amides is 1. The first-order valence-electron chi connectivity index (χ1n) is 7.82. The van der Waals surface area contributed by atoms with Gasteiger partial charge in [0, 0.05) is 19.0 Å². The number of piperidine rings is 1. The molecule has 23 heavy (non-hydrogen) atoms. The second kappa shape index (κ2) is 7.85. The molecule has 2 rings (SSSR count). The van der Waals surface area contributed by atoms with Crippen molar-refractivity contribution in [3.05, 3.63) is 23.8 Å². The van der Waals surface area contributed by atoms with Crippen LogP contribution in [0.4, 0.5) is 0 Å². The van der Waals surface area contributed by atoms with Crippen molar-refractivity contribution in [1.29, 1.82) is 0 Å². The normalized spacial score (nSPS) is 17.7. The quantitative estimate of drug-likeness (QED) is 0.871. The number of carboxylic acid groups (broad SMARTS) is 1. The lowest BCUT2D eigenvalue weighted by molar-refractivity contribution is -0.137. The molecule has 1 unspecified atom stereocenters. The molecule has 1 aliphatic heterocycles. The van der Waals surface area contributed by atoms with Crippen LogP contribution in [-0.4, -0.2) is 48.7 Å². The van der Waals surface area contributed by atoms with Gasteiger partial charge in [0.25, 0.3) is 5.91 Å². The van der Waals surface area contributed by atoms with E-state index in [0.717, 1.165) is 19.3 Å². The van der Waals surface area contributed by atoms with Gasteiger partial charge in [-0.05, 0) is 37.8 Å². The Hall–Kier alpha value is -2.24. The highest BCUT2D eigenvalue weighted by Gasteiger charge is 2.30. The molecular weight excluding hydrogens is 298 g/mol. The highest BCUT2D eigenvalue weighted by Crippen LogP contribution is 2.33. The number of hydrogen-bond acceptors (Lipinski definition) is 4. The minimum absolute atomic E-state index is 0.0387. The number of nitrogens with zero attached hydrogens (tertiary/aromatic N) is 1. The predicted molar refractivity (Wildman–Crippen MR) is 85.1 cm³/mol. The topological polar surface area (TPSA) is 76.1 Å². The average molecular weight is 321 g/mol. The Morgan fingerprint density at radius 1 is 1.26 bits per heavy atom. The van der Waals surface area contributed by atoms with E-state index >= 15 is 0 Å². The molecule has 6 heteroatoms. The van der Waals surface area contributed by atoms with Crippen LogP contribution in [0.3, 0.4) is 0 Å². The third kappa shape index (κ3) is 3.94. The molecule has 0 radical (unpaired) electrons. The number of aliphatic carboxylic acids is 1. The Morgan fingerprint density at radius 3 is 2.70 bits per heavy atom. The van der Waals surface area contributed by atoms with Crippen LogP contribution in [0.5, 0.6) is 11.5 Å². The third-order valence-electron chi connectivity index (χ3n) is 4.21. The average Bonchev–Trinajstić information content (AvgIpc) is 2.58. The molecule has 1 aromatic carbocycles. The van der Waals surface area contributed by atoms with Crippen molar-refractivity contribution in [3.8, 4) is 11.5 Å². The van der Waals surface area contributed by atoms with E-state index in [9.17, 15) is 9.59 Å². The molecule has 1 atom stereocenters. The second-order valence-corrected chi connectivity index (χ2v) is 5.62. The van der Waals surface area contributed by atoms with E-state index in [1.807, 2.05) is 0 Å². The molecule has 1 saturated heterocycles. The van der Waals surface area contributed by atoms with Crippen molar-refractivity contribution in [1.82, 2.24) is 4.90 Å². The summed E-state index contributed by atoms with van der Waals surface area (Å²) in [4.78, 5) is 25.6. The second-order valence-electron chi connectivity index (χ2n) is 5.62. The maximum absolute atomic E-state index is 12.9. The fourth-order valence-corrected chi connectivity index (χ4v) is 3.07. The number of carbonyl (C=O) groups is 2. The molecule has 1 heterocycles. The van der Waals surface area contributed by atoms with Gasteiger partial charge in [-0.1, -0.05) is 6.07 Å². The van der Waals surface area contributed by atoms with E-state index < -0.39 is 5.97 Å². The summed E-state index contributed by atoms with van der Waals surface area (Å²) < 4.78 is 10.6. The zero-order valence-corrected chi connectivity index (χ0v) is 13.6. The predicted octanol–water partition coefficient (Wildman–Crippen LogP) is 2.56. The Morgan fingerprint density at radius 2 is 2.04 bits per heavy atom. The molecule has 6 nitrogen and oxygen atoms in total. The summed E-state index contributed by atoms with van der Waals surface area (Å²) in [5, 5.41) is 8.90. The Labute approximate surface area is 136 Å². The minimum atomic E-state index is -0.832. The monoisotopic (exact) mass is 321 g/mol. The SMILES string of the molecule is COc1cccc(C(=O)N2CCCCC2CCC(=O)O)c1OC. The van der Waals surface area contributed by atoms with Crippen LogP contribution < -0.4 is 9.47 Å². The van der Waals surface area contributed by atoms with Gasteiger partial charge in [-0.2, -0.15) is 0 Å². The van der Waals surface area contributed by atoms with Crippen molar-refractivity contribution >= 4 is 11.9 Å². The Bertz CT molecular complexity index is 572. The van der Waals surface area contributed by atoms with Gasteiger partial charge in [0.15, 0.2) is 11.5 Å². The number of benzene rings is 1. The maximum atomic E-state index is 12.9. The molecule has 1 aromatic rings. The summed E-state index contributed by atoms with van der Waals surface area (Å²) in [6, 6.07) is 5.17. The van der Waals surface area contributed by atoms with Crippen molar-refractivity contribution in [2.75, 3.05) is 20.8 Å². The fraction of sp³-hybridized carbons (Fsp3) is 0.529. The molecule has 1 amide bonds. The summed E-state index contributed by atoms with van der Waals surface area (Å²) in [5.41, 5.74) is 0.453. The fourth-order valence-electron chi connectivity index (χ4n) is 3.07. The number of ether oxygens (including phenoxy) is 2. The zero-order chi connectivity index (χ0) is 16.8. The van der Waals surface area contributed by atoms with Crippen molar-refractivity contribution < 1.29 is 24.2 Å². The third-order valence-corrected chi connectivity index (χ3v) is 4.21. The van der Waals surface area contributed by atoms with E-state index in [4.69, 9.17) is 14.6 Å². The number of methoxy groups -OCH3 is 2. The first kappa shape index (κ1) is 17.1. The largest absolute Gasteiger partial charge is 0.493 e. The Kier molecular flexibility index (Phi) is 5.84. The van der Waals surface area contributed by atoms with Gasteiger partial charge in [-0.25, -0.2) is 0 Å². The highest BCUT2D eigenvalue weighted by molar-refractivity contribution is 5.98. The number of likely N-dealkylation sites (tertiary alicyclic amines) is 1. The smallest absolute Gasteiger partial charge is 0.303 e. The molecule has 126 valence electrons. The molecule has 1 N–H and O–H groups in total. The molecular formula is C17H23NO5. The van der Waals surface area contributed by atoms with Crippen LogP contribution in [0.2, 0.25) is 0 Å². The van der Waals surface area contributed by atoms with Crippen LogP contribution in [0.25, 0.3) is 0 Å².